The molecule has 23 heavy (non-hydrogen) atoms. The molecule has 126 valence electrons. The molecule has 0 unspecified atom stereocenters. The Balaban J connectivity index is 2.49. The van der Waals surface area contributed by atoms with Crippen LogP contribution in [0.2, 0.25) is 0 Å². The van der Waals surface area contributed by atoms with Crippen molar-refractivity contribution in [1.29, 1.82) is 0 Å². The van der Waals surface area contributed by atoms with Crippen molar-refractivity contribution in [3.05, 3.63) is 35.4 Å². The van der Waals surface area contributed by atoms with Crippen molar-refractivity contribution in [2.75, 3.05) is 13.2 Å². The highest BCUT2D eigenvalue weighted by Gasteiger charge is 2.14. The van der Waals surface area contributed by atoms with Crippen LogP contribution in [0.4, 0.5) is 0 Å². The SMILES string of the molecule is CCOCC(=O)NNC(=S)NC(=O)c1ccc(C(C)(C)C)cc1. The van der Waals surface area contributed by atoms with Gasteiger partial charge in [-0.1, -0.05) is 32.9 Å². The molecule has 0 fully saturated rings. The number of carbonyl (C=O) groups is 2. The van der Waals surface area contributed by atoms with Crippen LogP contribution in [-0.2, 0) is 14.9 Å². The van der Waals surface area contributed by atoms with Gasteiger partial charge in [-0.2, -0.15) is 0 Å². The van der Waals surface area contributed by atoms with Crippen LogP contribution < -0.4 is 16.2 Å². The van der Waals surface area contributed by atoms with Gasteiger partial charge in [-0.25, -0.2) is 0 Å². The summed E-state index contributed by atoms with van der Waals surface area (Å²) in [7, 11) is 0. The zero-order chi connectivity index (χ0) is 17.5. The minimum atomic E-state index is -0.377. The number of carbonyl (C=O) groups excluding carboxylic acids is 2. The molecule has 0 radical (unpaired) electrons. The molecule has 2 amide bonds. The smallest absolute Gasteiger partial charge is 0.264 e. The van der Waals surface area contributed by atoms with E-state index in [4.69, 9.17) is 17.0 Å². The van der Waals surface area contributed by atoms with Crippen molar-refractivity contribution in [3.8, 4) is 0 Å². The van der Waals surface area contributed by atoms with Crippen molar-refractivity contribution < 1.29 is 14.3 Å². The highest BCUT2D eigenvalue weighted by molar-refractivity contribution is 7.80. The van der Waals surface area contributed by atoms with Crippen molar-refractivity contribution in [2.45, 2.75) is 33.1 Å². The predicted octanol–water partition coefficient (Wildman–Crippen LogP) is 1.66. The van der Waals surface area contributed by atoms with Crippen LogP contribution in [0.15, 0.2) is 24.3 Å². The molecule has 1 aromatic rings. The van der Waals surface area contributed by atoms with E-state index in [2.05, 4.69) is 36.9 Å². The van der Waals surface area contributed by atoms with E-state index >= 15 is 0 Å². The molecular formula is C16H23N3O3S. The fraction of sp³-hybridized carbons (Fsp3) is 0.438. The molecule has 0 saturated heterocycles. The number of thiocarbonyl (C=S) groups is 1. The summed E-state index contributed by atoms with van der Waals surface area (Å²) in [6.07, 6.45) is 0. The second-order valence-corrected chi connectivity index (χ2v) is 6.33. The summed E-state index contributed by atoms with van der Waals surface area (Å²) in [6.45, 7) is 8.47. The van der Waals surface area contributed by atoms with Crippen LogP contribution in [0.5, 0.6) is 0 Å². The number of benzene rings is 1. The molecule has 0 aliphatic carbocycles. The Morgan fingerprint density at radius 1 is 1.13 bits per heavy atom. The van der Waals surface area contributed by atoms with E-state index in [-0.39, 0.29) is 28.9 Å². The van der Waals surface area contributed by atoms with Gasteiger partial charge in [-0.05, 0) is 42.3 Å². The lowest BCUT2D eigenvalue weighted by atomic mass is 9.87. The third-order valence-electron chi connectivity index (χ3n) is 2.99. The molecule has 7 heteroatoms. The Bertz CT molecular complexity index is 565. The molecule has 0 aromatic heterocycles. The highest BCUT2D eigenvalue weighted by Crippen LogP contribution is 2.22. The first-order chi connectivity index (χ1) is 10.7. The van der Waals surface area contributed by atoms with Crippen LogP contribution >= 0.6 is 12.2 Å². The van der Waals surface area contributed by atoms with Crippen LogP contribution in [0, 0.1) is 0 Å². The first-order valence-corrected chi connectivity index (χ1v) is 7.73. The van der Waals surface area contributed by atoms with Crippen molar-refractivity contribution >= 4 is 29.1 Å². The zero-order valence-electron chi connectivity index (χ0n) is 13.9. The van der Waals surface area contributed by atoms with E-state index in [1.54, 1.807) is 19.1 Å². The van der Waals surface area contributed by atoms with Gasteiger partial charge in [0.2, 0.25) is 0 Å². The Kier molecular flexibility index (Phi) is 7.12. The van der Waals surface area contributed by atoms with Gasteiger partial charge in [-0.15, -0.1) is 0 Å². The standard InChI is InChI=1S/C16H23N3O3S/c1-5-22-10-13(20)18-19-15(23)17-14(21)11-6-8-12(9-7-11)16(2,3)4/h6-9H,5,10H2,1-4H3,(H,18,20)(H2,17,19,21,23). The van der Waals surface area contributed by atoms with E-state index in [0.29, 0.717) is 12.2 Å². The number of amides is 2. The van der Waals surface area contributed by atoms with E-state index in [1.165, 1.54) is 0 Å². The summed E-state index contributed by atoms with van der Waals surface area (Å²) in [5.41, 5.74) is 6.43. The molecule has 1 rings (SSSR count). The van der Waals surface area contributed by atoms with E-state index < -0.39 is 0 Å². The summed E-state index contributed by atoms with van der Waals surface area (Å²) in [5, 5.41) is 2.51. The lowest BCUT2D eigenvalue weighted by Gasteiger charge is -2.19. The fourth-order valence-electron chi connectivity index (χ4n) is 1.69. The normalized spacial score (nSPS) is 10.8. The molecule has 0 bridgehead atoms. The maximum Gasteiger partial charge on any atom is 0.264 e. The number of rotatable bonds is 4. The number of hydrogen-bond acceptors (Lipinski definition) is 4. The predicted molar refractivity (Wildman–Crippen MR) is 93.0 cm³/mol. The Morgan fingerprint density at radius 2 is 1.74 bits per heavy atom. The molecule has 3 N–H and O–H groups in total. The number of hydrogen-bond donors (Lipinski definition) is 3. The largest absolute Gasteiger partial charge is 0.372 e. The Labute approximate surface area is 141 Å². The molecule has 0 spiro atoms. The number of nitrogens with one attached hydrogen (secondary N) is 3. The monoisotopic (exact) mass is 337 g/mol. The summed E-state index contributed by atoms with van der Waals surface area (Å²) in [5.74, 6) is -0.722. The Morgan fingerprint density at radius 3 is 2.26 bits per heavy atom. The van der Waals surface area contributed by atoms with Crippen molar-refractivity contribution in [3.63, 3.8) is 0 Å². The third kappa shape index (κ3) is 6.75. The average molecular weight is 337 g/mol. The third-order valence-corrected chi connectivity index (χ3v) is 3.20. The second kappa shape index (κ2) is 8.59. The van der Waals surface area contributed by atoms with Crippen molar-refractivity contribution in [2.24, 2.45) is 0 Å². The molecule has 0 aliphatic rings. The number of hydrazine groups is 1. The lowest BCUT2D eigenvalue weighted by molar-refractivity contribution is -0.126. The molecule has 1 aromatic carbocycles. The first-order valence-electron chi connectivity index (χ1n) is 7.32. The second-order valence-electron chi connectivity index (χ2n) is 5.92. The maximum atomic E-state index is 12.1. The van der Waals surface area contributed by atoms with Crippen molar-refractivity contribution in [1.82, 2.24) is 16.2 Å². The molecule has 0 heterocycles. The quantitative estimate of drug-likeness (QED) is 0.575. The first kappa shape index (κ1) is 19.1. The van der Waals surface area contributed by atoms with Gasteiger partial charge in [0.15, 0.2) is 5.11 Å². The lowest BCUT2D eigenvalue weighted by Crippen LogP contribution is -2.49. The summed E-state index contributed by atoms with van der Waals surface area (Å²) >= 11 is 4.95. The molecule has 0 saturated carbocycles. The minimum Gasteiger partial charge on any atom is -0.372 e. The van der Waals surface area contributed by atoms with Gasteiger partial charge in [0.1, 0.15) is 6.61 Å². The van der Waals surface area contributed by atoms with Crippen LogP contribution in [0.3, 0.4) is 0 Å². The highest BCUT2D eigenvalue weighted by atomic mass is 32.1. The summed E-state index contributed by atoms with van der Waals surface area (Å²) in [6, 6.07) is 7.31. The number of ether oxygens (including phenoxy) is 1. The van der Waals surface area contributed by atoms with E-state index in [1.807, 2.05) is 12.1 Å². The summed E-state index contributed by atoms with van der Waals surface area (Å²) < 4.78 is 4.93. The van der Waals surface area contributed by atoms with Crippen LogP contribution in [0.1, 0.15) is 43.6 Å². The maximum absolute atomic E-state index is 12.1. The molecular weight excluding hydrogens is 314 g/mol. The molecule has 0 aliphatic heterocycles. The minimum absolute atomic E-state index is 0.0137. The fourth-order valence-corrected chi connectivity index (χ4v) is 1.83. The van der Waals surface area contributed by atoms with Gasteiger partial charge in [0.25, 0.3) is 11.8 Å². The van der Waals surface area contributed by atoms with Crippen LogP contribution in [0.25, 0.3) is 0 Å². The average Bonchev–Trinajstić information content (AvgIpc) is 2.50. The topological polar surface area (TPSA) is 79.5 Å². The Hall–Kier alpha value is -1.99. The zero-order valence-corrected chi connectivity index (χ0v) is 14.7. The van der Waals surface area contributed by atoms with Gasteiger partial charge in [0.05, 0.1) is 0 Å². The van der Waals surface area contributed by atoms with Gasteiger partial charge >= 0.3 is 0 Å². The van der Waals surface area contributed by atoms with Crippen LogP contribution in [-0.4, -0.2) is 30.1 Å². The molecule has 6 nitrogen and oxygen atoms in total. The van der Waals surface area contributed by atoms with E-state index in [9.17, 15) is 9.59 Å². The summed E-state index contributed by atoms with van der Waals surface area (Å²) in [4.78, 5) is 23.4. The van der Waals surface area contributed by atoms with Gasteiger partial charge in [0, 0.05) is 12.2 Å². The van der Waals surface area contributed by atoms with E-state index in [0.717, 1.165) is 5.56 Å². The van der Waals surface area contributed by atoms with Gasteiger partial charge in [-0.3, -0.25) is 25.8 Å². The van der Waals surface area contributed by atoms with Gasteiger partial charge < -0.3 is 4.74 Å². The molecule has 0 atom stereocenters.